The minimum Gasteiger partial charge on any atom is -0.339 e. The number of carbonyl (C=O) groups excluding carboxylic acids is 3. The second kappa shape index (κ2) is 9.30. The third-order valence-corrected chi connectivity index (χ3v) is 6.55. The van der Waals surface area contributed by atoms with E-state index >= 15 is 0 Å². The third kappa shape index (κ3) is 4.64. The number of para-hydroxylation sites is 1. The average molecular weight is 427 g/mol. The molecule has 4 rings (SSSR count). The van der Waals surface area contributed by atoms with E-state index in [9.17, 15) is 14.4 Å². The van der Waals surface area contributed by atoms with Crippen LogP contribution in [0.1, 0.15) is 22.5 Å². The first-order valence-corrected chi connectivity index (χ1v) is 11.2. The van der Waals surface area contributed by atoms with Crippen LogP contribution < -0.4 is 5.32 Å². The number of anilines is 1. The summed E-state index contributed by atoms with van der Waals surface area (Å²) in [6, 6.07) is 12.9. The number of thiophene rings is 1. The molecule has 30 heavy (non-hydrogen) atoms. The number of hydrogen-bond donors (Lipinski definition) is 1. The van der Waals surface area contributed by atoms with Crippen LogP contribution in [0, 0.1) is 5.92 Å². The summed E-state index contributed by atoms with van der Waals surface area (Å²) in [5.41, 5.74) is 0.763. The Hall–Kier alpha value is -2.87. The summed E-state index contributed by atoms with van der Waals surface area (Å²) in [5.74, 6) is -0.0425. The molecular weight excluding hydrogens is 400 g/mol. The fraction of sp³-hybridized carbons (Fsp3) is 0.409. The normalized spacial score (nSPS) is 19.5. The van der Waals surface area contributed by atoms with Gasteiger partial charge in [-0.2, -0.15) is 0 Å². The smallest absolute Gasteiger partial charge is 0.321 e. The standard InChI is InChI=1S/C22H26N4O3S/c27-20(17-6-4-10-26(16-17)21(28)19-9-5-15-30-19)24-11-13-25(14-12-24)22(29)23-18-7-2-1-3-8-18/h1-3,5,7-9,15,17H,4,6,10-14,16H2,(H,23,29)/t17-/m1/s1. The lowest BCUT2D eigenvalue weighted by molar-refractivity contribution is -0.138. The SMILES string of the molecule is O=C(Nc1ccccc1)N1CCN(C(=O)[C@@H]2CCCN(C(=O)c3cccs3)C2)CC1. The topological polar surface area (TPSA) is 73.0 Å². The Morgan fingerprint density at radius 2 is 1.60 bits per heavy atom. The zero-order valence-electron chi connectivity index (χ0n) is 16.8. The molecule has 4 amide bonds. The van der Waals surface area contributed by atoms with Crippen molar-refractivity contribution in [1.29, 1.82) is 0 Å². The van der Waals surface area contributed by atoms with Crippen molar-refractivity contribution >= 4 is 34.9 Å². The van der Waals surface area contributed by atoms with Crippen LogP contribution in [0.15, 0.2) is 47.8 Å². The summed E-state index contributed by atoms with van der Waals surface area (Å²) in [4.78, 5) is 44.2. The molecule has 0 unspecified atom stereocenters. The minimum absolute atomic E-state index is 0.0184. The van der Waals surface area contributed by atoms with Gasteiger partial charge in [0.1, 0.15) is 0 Å². The second-order valence-corrected chi connectivity index (χ2v) is 8.62. The van der Waals surface area contributed by atoms with Crippen molar-refractivity contribution in [2.24, 2.45) is 5.92 Å². The van der Waals surface area contributed by atoms with E-state index in [4.69, 9.17) is 0 Å². The van der Waals surface area contributed by atoms with E-state index in [1.54, 1.807) is 4.90 Å². The zero-order chi connectivity index (χ0) is 20.9. The van der Waals surface area contributed by atoms with E-state index in [1.807, 2.05) is 57.6 Å². The Morgan fingerprint density at radius 3 is 2.30 bits per heavy atom. The molecule has 1 N–H and O–H groups in total. The van der Waals surface area contributed by atoms with Gasteiger partial charge in [-0.15, -0.1) is 11.3 Å². The van der Waals surface area contributed by atoms with Crippen LogP contribution in [0.4, 0.5) is 10.5 Å². The lowest BCUT2D eigenvalue weighted by Gasteiger charge is -2.39. The van der Waals surface area contributed by atoms with Gasteiger partial charge >= 0.3 is 6.03 Å². The quantitative estimate of drug-likeness (QED) is 0.820. The molecule has 2 saturated heterocycles. The second-order valence-electron chi connectivity index (χ2n) is 7.68. The fourth-order valence-electron chi connectivity index (χ4n) is 4.03. The predicted octanol–water partition coefficient (Wildman–Crippen LogP) is 2.98. The lowest BCUT2D eigenvalue weighted by Crippen LogP contribution is -2.54. The largest absolute Gasteiger partial charge is 0.339 e. The van der Waals surface area contributed by atoms with Crippen LogP contribution in [0.25, 0.3) is 0 Å². The van der Waals surface area contributed by atoms with Crippen LogP contribution >= 0.6 is 11.3 Å². The molecule has 8 heteroatoms. The Labute approximate surface area is 180 Å². The molecule has 0 bridgehead atoms. The molecule has 158 valence electrons. The van der Waals surface area contributed by atoms with Gasteiger partial charge < -0.3 is 20.0 Å². The highest BCUT2D eigenvalue weighted by atomic mass is 32.1. The number of likely N-dealkylation sites (tertiary alicyclic amines) is 1. The molecule has 0 aliphatic carbocycles. The van der Waals surface area contributed by atoms with Gasteiger partial charge in [0.2, 0.25) is 5.91 Å². The van der Waals surface area contributed by atoms with E-state index in [-0.39, 0.29) is 23.8 Å². The molecule has 2 aliphatic rings. The number of urea groups is 1. The number of piperazine rings is 1. The predicted molar refractivity (Wildman–Crippen MR) is 117 cm³/mol. The molecule has 0 spiro atoms. The van der Waals surface area contributed by atoms with Crippen LogP contribution in [0.2, 0.25) is 0 Å². The number of hydrogen-bond acceptors (Lipinski definition) is 4. The molecule has 2 fully saturated rings. The van der Waals surface area contributed by atoms with Crippen LogP contribution in [0.5, 0.6) is 0 Å². The molecule has 1 atom stereocenters. The first-order valence-electron chi connectivity index (χ1n) is 10.3. The number of carbonyl (C=O) groups is 3. The van der Waals surface area contributed by atoms with Crippen molar-refractivity contribution in [1.82, 2.24) is 14.7 Å². The Balaban J connectivity index is 1.28. The molecule has 0 saturated carbocycles. The fourth-order valence-corrected chi connectivity index (χ4v) is 4.72. The highest BCUT2D eigenvalue weighted by Crippen LogP contribution is 2.23. The van der Waals surface area contributed by atoms with Crippen molar-refractivity contribution in [2.45, 2.75) is 12.8 Å². The van der Waals surface area contributed by atoms with E-state index < -0.39 is 0 Å². The van der Waals surface area contributed by atoms with Gasteiger partial charge in [0.15, 0.2) is 0 Å². The maximum atomic E-state index is 13.0. The van der Waals surface area contributed by atoms with Crippen molar-refractivity contribution in [3.05, 3.63) is 52.7 Å². The number of amides is 4. The number of piperidine rings is 1. The van der Waals surface area contributed by atoms with Gasteiger partial charge in [0.05, 0.1) is 10.8 Å². The third-order valence-electron chi connectivity index (χ3n) is 5.69. The maximum absolute atomic E-state index is 13.0. The number of benzene rings is 1. The highest BCUT2D eigenvalue weighted by Gasteiger charge is 2.33. The summed E-state index contributed by atoms with van der Waals surface area (Å²) in [7, 11) is 0. The summed E-state index contributed by atoms with van der Waals surface area (Å²) < 4.78 is 0. The Bertz CT molecular complexity index is 879. The van der Waals surface area contributed by atoms with Crippen LogP contribution in [-0.4, -0.2) is 71.8 Å². The van der Waals surface area contributed by atoms with E-state index in [2.05, 4.69) is 5.32 Å². The molecule has 2 aliphatic heterocycles. The molecular formula is C22H26N4O3S. The van der Waals surface area contributed by atoms with Gasteiger partial charge in [0.25, 0.3) is 5.91 Å². The monoisotopic (exact) mass is 426 g/mol. The van der Waals surface area contributed by atoms with Crippen molar-refractivity contribution in [3.63, 3.8) is 0 Å². The summed E-state index contributed by atoms with van der Waals surface area (Å²) in [5, 5.41) is 4.79. The molecule has 7 nitrogen and oxygen atoms in total. The average Bonchev–Trinajstić information content (AvgIpc) is 3.34. The zero-order valence-corrected chi connectivity index (χ0v) is 17.6. The minimum atomic E-state index is -0.160. The summed E-state index contributed by atoms with van der Waals surface area (Å²) in [6.45, 7) is 3.25. The van der Waals surface area contributed by atoms with Crippen LogP contribution in [-0.2, 0) is 4.79 Å². The van der Waals surface area contributed by atoms with Crippen molar-refractivity contribution < 1.29 is 14.4 Å². The van der Waals surface area contributed by atoms with Gasteiger partial charge in [-0.25, -0.2) is 4.79 Å². The van der Waals surface area contributed by atoms with E-state index in [0.29, 0.717) is 39.3 Å². The number of rotatable bonds is 3. The molecule has 2 aromatic rings. The molecule has 3 heterocycles. The molecule has 1 aromatic carbocycles. The highest BCUT2D eigenvalue weighted by molar-refractivity contribution is 7.12. The van der Waals surface area contributed by atoms with Crippen molar-refractivity contribution in [3.8, 4) is 0 Å². The summed E-state index contributed by atoms with van der Waals surface area (Å²) in [6.07, 6.45) is 1.65. The van der Waals surface area contributed by atoms with Crippen LogP contribution in [0.3, 0.4) is 0 Å². The van der Waals surface area contributed by atoms with Gasteiger partial charge in [-0.05, 0) is 36.4 Å². The number of nitrogens with one attached hydrogen (secondary N) is 1. The molecule has 1 aromatic heterocycles. The molecule has 0 radical (unpaired) electrons. The van der Waals surface area contributed by atoms with Gasteiger partial charge in [-0.1, -0.05) is 24.3 Å². The van der Waals surface area contributed by atoms with Gasteiger partial charge in [0, 0.05) is 45.0 Å². The number of nitrogens with zero attached hydrogens (tertiary/aromatic N) is 3. The first-order chi connectivity index (χ1) is 14.6. The first kappa shape index (κ1) is 20.4. The van der Waals surface area contributed by atoms with E-state index in [1.165, 1.54) is 11.3 Å². The lowest BCUT2D eigenvalue weighted by atomic mass is 9.96. The van der Waals surface area contributed by atoms with Crippen molar-refractivity contribution in [2.75, 3.05) is 44.6 Å². The Morgan fingerprint density at radius 1 is 0.867 bits per heavy atom. The summed E-state index contributed by atoms with van der Waals surface area (Å²) >= 11 is 1.44. The van der Waals surface area contributed by atoms with Gasteiger partial charge in [-0.3, -0.25) is 9.59 Å². The Kier molecular flexibility index (Phi) is 6.32. The maximum Gasteiger partial charge on any atom is 0.321 e. The van der Waals surface area contributed by atoms with E-state index in [0.717, 1.165) is 23.4 Å².